The van der Waals surface area contributed by atoms with Gasteiger partial charge in [-0.1, -0.05) is 12.5 Å². The summed E-state index contributed by atoms with van der Waals surface area (Å²) in [5.74, 6) is 0.928. The average molecular weight is 717 g/mol. The normalized spacial score (nSPS) is 18.2. The summed E-state index contributed by atoms with van der Waals surface area (Å²) in [5, 5.41) is 17.5. The topological polar surface area (TPSA) is 109 Å². The van der Waals surface area contributed by atoms with E-state index in [4.69, 9.17) is 24.3 Å². The Bertz CT molecular complexity index is 2340. The number of aliphatic carboxylic acids is 1. The molecule has 0 fully saturated rings. The van der Waals surface area contributed by atoms with Gasteiger partial charge in [0.05, 0.1) is 40.2 Å². The molecule has 0 amide bonds. The molecular formula is C42H44N4O5S. The van der Waals surface area contributed by atoms with Crippen LogP contribution in [0.15, 0.2) is 60.9 Å². The van der Waals surface area contributed by atoms with Crippen LogP contribution in [0.25, 0.3) is 54.1 Å². The van der Waals surface area contributed by atoms with E-state index < -0.39 is 17.7 Å². The van der Waals surface area contributed by atoms with Gasteiger partial charge < -0.3 is 19.3 Å². The van der Waals surface area contributed by atoms with Gasteiger partial charge in [-0.3, -0.25) is 9.67 Å². The molecule has 3 aromatic heterocycles. The highest BCUT2D eigenvalue weighted by molar-refractivity contribution is 7.22. The summed E-state index contributed by atoms with van der Waals surface area (Å²) >= 11 is 1.58. The first-order valence-corrected chi connectivity index (χ1v) is 19.0. The van der Waals surface area contributed by atoms with Gasteiger partial charge in [0.1, 0.15) is 22.2 Å². The number of rotatable bonds is 3. The number of hydrogen-bond acceptors (Lipinski definition) is 8. The van der Waals surface area contributed by atoms with E-state index in [9.17, 15) is 9.90 Å². The fourth-order valence-electron chi connectivity index (χ4n) is 7.83. The third-order valence-electron chi connectivity index (χ3n) is 10.2. The maximum Gasteiger partial charge on any atom is 0.337 e. The zero-order chi connectivity index (χ0) is 36.3. The lowest BCUT2D eigenvalue weighted by atomic mass is 9.85. The number of aryl methyl sites for hydroxylation is 2. The molecule has 9 nitrogen and oxygen atoms in total. The number of ether oxygens (including phenoxy) is 3. The van der Waals surface area contributed by atoms with Gasteiger partial charge in [0.15, 0.2) is 6.10 Å². The van der Waals surface area contributed by atoms with Crippen LogP contribution in [0.5, 0.6) is 11.5 Å². The number of nitrogens with zero attached hydrogens (tertiary/aromatic N) is 4. The first-order valence-electron chi connectivity index (χ1n) is 18.1. The molecule has 10 heteroatoms. The number of pyridine rings is 1. The van der Waals surface area contributed by atoms with Crippen molar-refractivity contribution in [3.63, 3.8) is 0 Å². The predicted molar refractivity (Wildman–Crippen MR) is 205 cm³/mol. The van der Waals surface area contributed by atoms with Crippen LogP contribution in [0.1, 0.15) is 88.5 Å². The second-order valence-corrected chi connectivity index (χ2v) is 16.2. The lowest BCUT2D eigenvalue weighted by Gasteiger charge is -2.29. The van der Waals surface area contributed by atoms with E-state index in [-0.39, 0.29) is 6.10 Å². The minimum Gasteiger partial charge on any atom is -0.493 e. The van der Waals surface area contributed by atoms with Gasteiger partial charge in [-0.25, -0.2) is 9.78 Å². The van der Waals surface area contributed by atoms with Gasteiger partial charge in [0.25, 0.3) is 0 Å². The second-order valence-electron chi connectivity index (χ2n) is 15.2. The molecule has 8 rings (SSSR count). The highest BCUT2D eigenvalue weighted by Gasteiger charge is 2.33. The largest absolute Gasteiger partial charge is 0.493 e. The summed E-state index contributed by atoms with van der Waals surface area (Å²) in [5.41, 5.74) is 8.25. The molecule has 52 heavy (non-hydrogen) atoms. The van der Waals surface area contributed by atoms with Crippen molar-refractivity contribution in [3.8, 4) is 44.5 Å². The number of aromatic nitrogens is 4. The highest BCUT2D eigenvalue weighted by atomic mass is 32.1. The Hall–Kier alpha value is -4.80. The molecule has 2 aliphatic heterocycles. The molecule has 268 valence electrons. The van der Waals surface area contributed by atoms with Crippen LogP contribution in [0, 0.1) is 6.92 Å². The monoisotopic (exact) mass is 716 g/mol. The lowest BCUT2D eigenvalue weighted by Crippen LogP contribution is -2.28. The Labute approximate surface area is 307 Å². The standard InChI is InChI=1S/C42H44N4O5S/c1-23-19-31-39-36(35(23)38(41(47)48)51-42(3,4)5)26-12-14-33-29(20-26)25(16-18-49-33)10-8-7-9-24(2)50-34-22-43-17-15-28(34)37-30-21-27(40(44-31)52-39)11-13-32(30)46(6)45-37/h11-15,17,19-22,24-25,38H,7-10,16,18H2,1-6H3,(H,47,48)/t24-,25?,38?/m0/s1. The van der Waals surface area contributed by atoms with Crippen molar-refractivity contribution < 1.29 is 24.1 Å². The van der Waals surface area contributed by atoms with Crippen LogP contribution >= 0.6 is 11.3 Å². The molecule has 0 spiro atoms. The molecule has 2 unspecified atom stereocenters. The summed E-state index contributed by atoms with van der Waals surface area (Å²) in [7, 11) is 1.96. The third kappa shape index (κ3) is 6.32. The molecular weight excluding hydrogens is 673 g/mol. The quantitative estimate of drug-likeness (QED) is 0.193. The summed E-state index contributed by atoms with van der Waals surface area (Å²) in [6, 6.07) is 16.7. The Morgan fingerprint density at radius 1 is 1.04 bits per heavy atom. The molecule has 3 aromatic carbocycles. The molecule has 2 aliphatic rings. The van der Waals surface area contributed by atoms with Crippen LogP contribution < -0.4 is 9.47 Å². The third-order valence-corrected chi connectivity index (χ3v) is 11.4. The summed E-state index contributed by atoms with van der Waals surface area (Å²) < 4.78 is 21.9. The SMILES string of the molecule is Cc1cc2nc3sc2c(c1C(OC(C)(C)C)C(=O)O)-c1ccc2c(c1)C(CCCC[C@H](C)Oc1cnccc1-c1nn(C)c4ccc-3cc14)CCO2. The second kappa shape index (κ2) is 13.3. The van der Waals surface area contributed by atoms with Gasteiger partial charge in [0.2, 0.25) is 0 Å². The number of carboxylic acids is 1. The number of thiazole rings is 1. The van der Waals surface area contributed by atoms with Crippen molar-refractivity contribution in [1.29, 1.82) is 0 Å². The zero-order valence-electron chi connectivity index (χ0n) is 30.5. The maximum atomic E-state index is 13.1. The fraction of sp³-hybridized carbons (Fsp3) is 0.381. The fourth-order valence-corrected chi connectivity index (χ4v) is 8.95. The Kier molecular flexibility index (Phi) is 8.78. The van der Waals surface area contributed by atoms with Crippen LogP contribution in [-0.2, 0) is 16.6 Å². The van der Waals surface area contributed by atoms with Gasteiger partial charge in [-0.15, -0.1) is 11.3 Å². The van der Waals surface area contributed by atoms with E-state index in [1.165, 1.54) is 5.56 Å². The van der Waals surface area contributed by atoms with E-state index in [0.717, 1.165) is 103 Å². The Morgan fingerprint density at radius 2 is 1.85 bits per heavy atom. The van der Waals surface area contributed by atoms with Crippen molar-refractivity contribution >= 4 is 38.4 Å². The molecule has 6 bridgehead atoms. The number of fused-ring (bicyclic) bond motifs is 7. The minimum absolute atomic E-state index is 0.000727. The van der Waals surface area contributed by atoms with Gasteiger partial charge in [-0.2, -0.15) is 5.10 Å². The van der Waals surface area contributed by atoms with Gasteiger partial charge in [0, 0.05) is 40.9 Å². The van der Waals surface area contributed by atoms with Crippen molar-refractivity contribution in [2.24, 2.45) is 7.05 Å². The molecule has 6 aromatic rings. The van der Waals surface area contributed by atoms with E-state index in [0.29, 0.717) is 18.1 Å². The first kappa shape index (κ1) is 34.3. The zero-order valence-corrected chi connectivity index (χ0v) is 31.3. The minimum atomic E-state index is -1.17. The lowest BCUT2D eigenvalue weighted by molar-refractivity contribution is -0.160. The summed E-state index contributed by atoms with van der Waals surface area (Å²) in [6.45, 7) is 10.5. The summed E-state index contributed by atoms with van der Waals surface area (Å²) in [4.78, 5) is 22.7. The van der Waals surface area contributed by atoms with E-state index >= 15 is 0 Å². The van der Waals surface area contributed by atoms with Gasteiger partial charge >= 0.3 is 5.97 Å². The number of benzene rings is 3. The molecule has 1 N–H and O–H groups in total. The predicted octanol–water partition coefficient (Wildman–Crippen LogP) is 10.0. The van der Waals surface area contributed by atoms with Crippen LogP contribution in [0.2, 0.25) is 0 Å². The number of hydrogen-bond donors (Lipinski definition) is 1. The molecule has 0 radical (unpaired) electrons. The number of carbonyl (C=O) groups is 1. The molecule has 0 aliphatic carbocycles. The molecule has 3 atom stereocenters. The Balaban J connectivity index is 1.39. The summed E-state index contributed by atoms with van der Waals surface area (Å²) in [6.07, 6.45) is 7.35. The first-order chi connectivity index (χ1) is 24.9. The van der Waals surface area contributed by atoms with E-state index in [1.54, 1.807) is 23.7 Å². The van der Waals surface area contributed by atoms with Crippen LogP contribution in [0.4, 0.5) is 0 Å². The van der Waals surface area contributed by atoms with Crippen LogP contribution in [0.3, 0.4) is 0 Å². The Morgan fingerprint density at radius 3 is 2.65 bits per heavy atom. The van der Waals surface area contributed by atoms with E-state index in [1.807, 2.05) is 51.6 Å². The maximum absolute atomic E-state index is 13.1. The highest BCUT2D eigenvalue weighted by Crippen LogP contribution is 2.47. The number of carboxylic acid groups (broad SMARTS) is 1. The smallest absolute Gasteiger partial charge is 0.337 e. The van der Waals surface area contributed by atoms with Crippen molar-refractivity contribution in [2.45, 2.75) is 90.4 Å². The average Bonchev–Trinajstić information content (AvgIpc) is 3.68. The van der Waals surface area contributed by atoms with Crippen molar-refractivity contribution in [1.82, 2.24) is 19.7 Å². The molecule has 5 heterocycles. The molecule has 0 saturated carbocycles. The van der Waals surface area contributed by atoms with Crippen LogP contribution in [-0.4, -0.2) is 49.1 Å². The van der Waals surface area contributed by atoms with Crippen molar-refractivity contribution in [2.75, 3.05) is 6.61 Å². The van der Waals surface area contributed by atoms with Gasteiger partial charge in [-0.05, 0) is 125 Å². The van der Waals surface area contributed by atoms with Crippen molar-refractivity contribution in [3.05, 3.63) is 77.6 Å². The van der Waals surface area contributed by atoms with E-state index in [2.05, 4.69) is 48.3 Å². The molecule has 0 saturated heterocycles.